The van der Waals surface area contributed by atoms with Crippen LogP contribution in [-0.4, -0.2) is 145 Å². The number of esters is 2. The number of carbonyl (C=O) groups excluding carboxylic acids is 2. The molecular formula is C60H76O14. The predicted molar refractivity (Wildman–Crippen MR) is 272 cm³/mol. The fourth-order valence-electron chi connectivity index (χ4n) is 14.4. The highest BCUT2D eigenvalue weighted by Crippen LogP contribution is 2.48. The number of benzene rings is 2. The molecule has 0 amide bonds. The second-order valence-corrected chi connectivity index (χ2v) is 24.0. The zero-order valence-corrected chi connectivity index (χ0v) is 43.4. The Kier molecular flexibility index (Phi) is 14.4. The molecule has 0 aromatic heterocycles. The molecule has 2 aromatic rings. The van der Waals surface area contributed by atoms with Crippen molar-refractivity contribution in [2.75, 3.05) is 6.61 Å². The Morgan fingerprint density at radius 3 is 2.27 bits per heavy atom. The normalized spacial score (nSPS) is 45.9. The third-order valence-electron chi connectivity index (χ3n) is 18.0. The van der Waals surface area contributed by atoms with Gasteiger partial charge in [-0.2, -0.15) is 0 Å². The maximum absolute atomic E-state index is 13.0. The average Bonchev–Trinajstić information content (AvgIpc) is 3.67. The number of rotatable bonds is 5. The van der Waals surface area contributed by atoms with Crippen molar-refractivity contribution in [3.63, 3.8) is 0 Å². The molecule has 2 aromatic carbocycles. The van der Waals surface area contributed by atoms with E-state index in [0.29, 0.717) is 62.8 Å². The molecule has 7 fully saturated rings. The number of ether oxygens (including phenoxy) is 11. The fourth-order valence-corrected chi connectivity index (χ4v) is 14.4. The van der Waals surface area contributed by atoms with Crippen LogP contribution in [-0.2, 0) is 56.9 Å². The summed E-state index contributed by atoms with van der Waals surface area (Å²) >= 11 is 0. The first-order chi connectivity index (χ1) is 35.7. The van der Waals surface area contributed by atoms with E-state index in [1.165, 1.54) is 0 Å². The maximum atomic E-state index is 13.0. The average molecular weight is 1020 g/mol. The molecule has 14 heteroatoms. The minimum Gasteiger partial charge on any atom is -0.459 e. The highest BCUT2D eigenvalue weighted by atomic mass is 16.6. The molecule has 22 unspecified atom stereocenters. The molecule has 22 atom stereocenters. The van der Waals surface area contributed by atoms with E-state index in [9.17, 15) is 14.7 Å². The molecule has 0 bridgehead atoms. The maximum Gasteiger partial charge on any atom is 0.338 e. The van der Waals surface area contributed by atoms with Crippen molar-refractivity contribution in [2.24, 2.45) is 11.8 Å². The molecule has 0 spiro atoms. The van der Waals surface area contributed by atoms with E-state index in [2.05, 4.69) is 70.7 Å². The summed E-state index contributed by atoms with van der Waals surface area (Å²) in [7, 11) is 0. The Hall–Kier alpha value is -3.80. The van der Waals surface area contributed by atoms with Gasteiger partial charge in [-0.3, -0.25) is 4.79 Å². The first-order valence-corrected chi connectivity index (χ1v) is 27.8. The molecule has 1 N–H and O–H groups in total. The van der Waals surface area contributed by atoms with E-state index in [1.54, 1.807) is 6.07 Å². The van der Waals surface area contributed by atoms with E-state index in [-0.39, 0.29) is 123 Å². The molecule has 10 aliphatic heterocycles. The van der Waals surface area contributed by atoms with Gasteiger partial charge in [-0.05, 0) is 106 Å². The molecule has 74 heavy (non-hydrogen) atoms. The van der Waals surface area contributed by atoms with Gasteiger partial charge >= 0.3 is 11.9 Å². The van der Waals surface area contributed by atoms with Gasteiger partial charge in [0.25, 0.3) is 0 Å². The van der Waals surface area contributed by atoms with Crippen LogP contribution in [0.4, 0.5) is 0 Å². The van der Waals surface area contributed by atoms with E-state index in [1.807, 2.05) is 36.4 Å². The minimum absolute atomic E-state index is 0.0641. The summed E-state index contributed by atoms with van der Waals surface area (Å²) in [5, 5.41) is 13.6. The van der Waals surface area contributed by atoms with Crippen molar-refractivity contribution in [3.05, 3.63) is 96.6 Å². The van der Waals surface area contributed by atoms with Gasteiger partial charge in [-0.25, -0.2) is 4.79 Å². The lowest BCUT2D eigenvalue weighted by Crippen LogP contribution is -2.64. The van der Waals surface area contributed by atoms with Crippen LogP contribution >= 0.6 is 0 Å². The number of hydrogen-bond acceptors (Lipinski definition) is 14. The van der Waals surface area contributed by atoms with Crippen LogP contribution < -0.4 is 0 Å². The summed E-state index contributed by atoms with van der Waals surface area (Å²) < 4.78 is 74.2. The Balaban J connectivity index is 0.672. The van der Waals surface area contributed by atoms with E-state index in [0.717, 1.165) is 42.0 Å². The number of aliphatic hydroxyl groups is 1. The number of carbonyl (C=O) groups is 2. The van der Waals surface area contributed by atoms with Crippen LogP contribution in [0.1, 0.15) is 122 Å². The molecule has 10 aliphatic rings. The van der Waals surface area contributed by atoms with Crippen LogP contribution in [0.3, 0.4) is 0 Å². The summed E-state index contributed by atoms with van der Waals surface area (Å²) in [5.74, 6) is -0.107. The number of hydrogen-bond donors (Lipinski definition) is 1. The lowest BCUT2D eigenvalue weighted by Gasteiger charge is -2.54. The lowest BCUT2D eigenvalue weighted by molar-refractivity contribution is -0.307. The van der Waals surface area contributed by atoms with Crippen molar-refractivity contribution >= 4 is 22.7 Å². The summed E-state index contributed by atoms with van der Waals surface area (Å²) in [6, 6.07) is 13.4. The van der Waals surface area contributed by atoms with Crippen molar-refractivity contribution in [1.29, 1.82) is 0 Å². The molecule has 400 valence electrons. The summed E-state index contributed by atoms with van der Waals surface area (Å²) in [6.45, 7) is 13.1. The summed E-state index contributed by atoms with van der Waals surface area (Å²) in [4.78, 5) is 25.3. The molecule has 12 rings (SSSR count). The van der Waals surface area contributed by atoms with Crippen molar-refractivity contribution in [1.82, 2.24) is 0 Å². The fraction of sp³-hybridized carbons (Fsp3) is 0.667. The van der Waals surface area contributed by atoms with Gasteiger partial charge in [0.2, 0.25) is 0 Å². The summed E-state index contributed by atoms with van der Waals surface area (Å²) in [5.41, 5.74) is -0.0278. The quantitative estimate of drug-likeness (QED) is 0.225. The summed E-state index contributed by atoms with van der Waals surface area (Å²) in [6.07, 6.45) is 16.1. The van der Waals surface area contributed by atoms with Gasteiger partial charge in [0.15, 0.2) is 0 Å². The zero-order chi connectivity index (χ0) is 50.9. The Bertz CT molecular complexity index is 2490. The Morgan fingerprint density at radius 2 is 1.41 bits per heavy atom. The van der Waals surface area contributed by atoms with Gasteiger partial charge in [-0.15, -0.1) is 0 Å². The molecule has 7 saturated heterocycles. The third kappa shape index (κ3) is 10.4. The van der Waals surface area contributed by atoms with E-state index in [4.69, 9.17) is 52.1 Å². The van der Waals surface area contributed by atoms with Gasteiger partial charge in [0.1, 0.15) is 37.1 Å². The molecule has 14 nitrogen and oxygen atoms in total. The first kappa shape index (κ1) is 51.0. The lowest BCUT2D eigenvalue weighted by atomic mass is 9.78. The Labute approximate surface area is 435 Å². The SMILES string of the molecule is C=C(COC(=O)c1ccc2ccccc2c1)CC1CC(O)C2OC3CC4(C)OC5C=CCC6OC7C(C)CC8OC9(C)CC(C)CC%10OC(=O)CC%10OC9CC8OC7CC=CCC6OC5CC=CC4OC3CC2O1. The predicted octanol–water partition coefficient (Wildman–Crippen LogP) is 8.54. The van der Waals surface area contributed by atoms with Crippen LogP contribution in [0.25, 0.3) is 10.8 Å². The van der Waals surface area contributed by atoms with E-state index >= 15 is 0 Å². The number of fused-ring (bicyclic) bond motifs is 10. The molecule has 0 saturated carbocycles. The molecule has 0 aliphatic carbocycles. The van der Waals surface area contributed by atoms with E-state index < -0.39 is 29.4 Å². The Morgan fingerprint density at radius 1 is 0.662 bits per heavy atom. The van der Waals surface area contributed by atoms with Crippen LogP contribution in [0.15, 0.2) is 91.1 Å². The standard InChI is InChI=1S/C60H76O14/c1-33-23-46-49(29-55(62)70-46)69-54-28-48-50(74-59(54,4)30-33)24-35(3)56-45(67-48)15-9-8-14-41-42(71-56)16-10-18-44-43(66-41)17-11-19-53-60(5,73-44)31-52-47(68-53)27-51-57(72-52)40(61)26-39(65-51)22-34(2)32-64-58(63)38-21-20-36-12-6-7-13-37(36)25-38/h6-13,18-21,25,33,35,39-54,56-57,61H,2,14-17,22-24,26-32H2,1,3-5H3. The minimum atomic E-state index is -0.745. The van der Waals surface area contributed by atoms with Crippen LogP contribution in [0.5, 0.6) is 0 Å². The van der Waals surface area contributed by atoms with Gasteiger partial charge < -0.3 is 57.2 Å². The smallest absolute Gasteiger partial charge is 0.338 e. The highest BCUT2D eigenvalue weighted by molar-refractivity contribution is 5.95. The van der Waals surface area contributed by atoms with Crippen molar-refractivity contribution < 1.29 is 66.8 Å². The van der Waals surface area contributed by atoms with Crippen LogP contribution in [0.2, 0.25) is 0 Å². The second-order valence-electron chi connectivity index (χ2n) is 24.0. The second kappa shape index (κ2) is 20.9. The van der Waals surface area contributed by atoms with Crippen molar-refractivity contribution in [2.45, 2.75) is 232 Å². The van der Waals surface area contributed by atoms with Crippen LogP contribution in [0, 0.1) is 11.8 Å². The van der Waals surface area contributed by atoms with Gasteiger partial charge in [0.05, 0.1) is 103 Å². The largest absolute Gasteiger partial charge is 0.459 e. The molecule has 0 radical (unpaired) electrons. The van der Waals surface area contributed by atoms with Gasteiger partial charge in [-0.1, -0.05) is 87.2 Å². The zero-order valence-electron chi connectivity index (χ0n) is 43.4. The monoisotopic (exact) mass is 1020 g/mol. The third-order valence-corrected chi connectivity index (χ3v) is 18.0. The molecular weight excluding hydrogens is 945 g/mol. The molecule has 10 heterocycles. The topological polar surface area (TPSA) is 156 Å². The highest BCUT2D eigenvalue weighted by Gasteiger charge is 2.57. The van der Waals surface area contributed by atoms with Gasteiger partial charge in [0, 0.05) is 25.7 Å². The van der Waals surface area contributed by atoms with Crippen molar-refractivity contribution in [3.8, 4) is 0 Å². The first-order valence-electron chi connectivity index (χ1n) is 27.8. The number of aliphatic hydroxyl groups excluding tert-OH is 1.